The lowest BCUT2D eigenvalue weighted by Gasteiger charge is -2.15. The molecular formula is C14H21ClN2O2S. The fraction of sp³-hybridized carbons (Fsp3) is 0.714. The van der Waals surface area contributed by atoms with E-state index in [-0.39, 0.29) is 22.4 Å². The van der Waals surface area contributed by atoms with E-state index in [0.717, 1.165) is 31.4 Å². The second kappa shape index (κ2) is 6.85. The highest BCUT2D eigenvalue weighted by molar-refractivity contribution is 7.99. The van der Waals surface area contributed by atoms with E-state index in [9.17, 15) is 9.59 Å². The Morgan fingerprint density at radius 1 is 1.35 bits per heavy atom. The van der Waals surface area contributed by atoms with Crippen LogP contribution in [0.1, 0.15) is 51.1 Å². The maximum atomic E-state index is 12.5. The zero-order chi connectivity index (χ0) is 14.7. The van der Waals surface area contributed by atoms with Crippen molar-refractivity contribution in [3.8, 4) is 0 Å². The molecule has 1 aliphatic rings. The topological polar surface area (TPSA) is 54.9 Å². The molecule has 1 aromatic rings. The Morgan fingerprint density at radius 2 is 2.10 bits per heavy atom. The van der Waals surface area contributed by atoms with Gasteiger partial charge in [0.25, 0.3) is 5.56 Å². The van der Waals surface area contributed by atoms with Gasteiger partial charge < -0.3 is 0 Å². The van der Waals surface area contributed by atoms with Gasteiger partial charge in [-0.15, -0.1) is 0 Å². The molecule has 2 atom stereocenters. The fourth-order valence-electron chi connectivity index (χ4n) is 2.90. The van der Waals surface area contributed by atoms with E-state index >= 15 is 0 Å². The lowest BCUT2D eigenvalue weighted by atomic mass is 10.2. The van der Waals surface area contributed by atoms with Gasteiger partial charge in [0.1, 0.15) is 5.15 Å². The van der Waals surface area contributed by atoms with Crippen LogP contribution in [-0.2, 0) is 6.42 Å². The van der Waals surface area contributed by atoms with Crippen molar-refractivity contribution in [1.82, 2.24) is 9.55 Å². The van der Waals surface area contributed by atoms with Crippen molar-refractivity contribution in [2.45, 2.75) is 57.2 Å². The maximum Gasteiger partial charge on any atom is 0.329 e. The molecule has 1 aromatic heterocycles. The molecule has 0 aromatic carbocycles. The van der Waals surface area contributed by atoms with Crippen LogP contribution in [0, 0.1) is 0 Å². The third-order valence-corrected chi connectivity index (χ3v) is 5.36. The SMILES string of the molecule is CCCc1c(Cl)[nH]c(=O)n(C2CCC(SCC)C2)c1=O. The van der Waals surface area contributed by atoms with Crippen LogP contribution in [0.2, 0.25) is 5.15 Å². The quantitative estimate of drug-likeness (QED) is 0.850. The van der Waals surface area contributed by atoms with Gasteiger partial charge in [-0.3, -0.25) is 14.3 Å². The van der Waals surface area contributed by atoms with E-state index in [1.54, 1.807) is 0 Å². The smallest absolute Gasteiger partial charge is 0.297 e. The molecule has 1 N–H and O–H groups in total. The van der Waals surface area contributed by atoms with E-state index < -0.39 is 0 Å². The molecule has 0 radical (unpaired) electrons. The number of aromatic amines is 1. The fourth-order valence-corrected chi connectivity index (χ4v) is 4.29. The van der Waals surface area contributed by atoms with Crippen molar-refractivity contribution in [2.24, 2.45) is 0 Å². The van der Waals surface area contributed by atoms with E-state index in [2.05, 4.69) is 11.9 Å². The largest absolute Gasteiger partial charge is 0.329 e. The van der Waals surface area contributed by atoms with Crippen LogP contribution in [0.5, 0.6) is 0 Å². The van der Waals surface area contributed by atoms with E-state index in [0.29, 0.717) is 17.2 Å². The molecular weight excluding hydrogens is 296 g/mol. The first-order valence-corrected chi connectivity index (χ1v) is 8.65. The van der Waals surface area contributed by atoms with E-state index in [4.69, 9.17) is 11.6 Å². The van der Waals surface area contributed by atoms with Crippen LogP contribution in [0.3, 0.4) is 0 Å². The molecule has 2 unspecified atom stereocenters. The molecule has 1 saturated carbocycles. The van der Waals surface area contributed by atoms with Crippen molar-refractivity contribution in [3.05, 3.63) is 31.6 Å². The molecule has 6 heteroatoms. The summed E-state index contributed by atoms with van der Waals surface area (Å²) in [4.78, 5) is 27.2. The summed E-state index contributed by atoms with van der Waals surface area (Å²) in [7, 11) is 0. The summed E-state index contributed by atoms with van der Waals surface area (Å²) in [5, 5.41) is 0.761. The molecule has 0 aliphatic heterocycles. The highest BCUT2D eigenvalue weighted by Gasteiger charge is 2.28. The predicted molar refractivity (Wildman–Crippen MR) is 85.1 cm³/mol. The Hall–Kier alpha value is -0.680. The van der Waals surface area contributed by atoms with Gasteiger partial charge in [0.2, 0.25) is 0 Å². The number of hydrogen-bond acceptors (Lipinski definition) is 3. The minimum atomic E-state index is -0.369. The van der Waals surface area contributed by atoms with Crippen molar-refractivity contribution in [3.63, 3.8) is 0 Å². The zero-order valence-corrected chi connectivity index (χ0v) is 13.5. The highest BCUT2D eigenvalue weighted by Crippen LogP contribution is 2.35. The summed E-state index contributed by atoms with van der Waals surface area (Å²) >= 11 is 7.91. The monoisotopic (exact) mass is 316 g/mol. The third-order valence-electron chi connectivity index (χ3n) is 3.80. The van der Waals surface area contributed by atoms with Crippen molar-refractivity contribution in [1.29, 1.82) is 0 Å². The number of rotatable bonds is 5. The molecule has 112 valence electrons. The van der Waals surface area contributed by atoms with Crippen LogP contribution < -0.4 is 11.2 Å². The van der Waals surface area contributed by atoms with Gasteiger partial charge in [0.05, 0.1) is 5.56 Å². The van der Waals surface area contributed by atoms with Crippen LogP contribution in [0.25, 0.3) is 0 Å². The zero-order valence-electron chi connectivity index (χ0n) is 11.9. The normalized spacial score (nSPS) is 22.4. The molecule has 0 amide bonds. The summed E-state index contributed by atoms with van der Waals surface area (Å²) in [5.41, 5.74) is -0.0277. The van der Waals surface area contributed by atoms with Gasteiger partial charge in [-0.25, -0.2) is 4.79 Å². The maximum absolute atomic E-state index is 12.5. The first-order valence-electron chi connectivity index (χ1n) is 7.23. The Kier molecular flexibility index (Phi) is 5.38. The van der Waals surface area contributed by atoms with Gasteiger partial charge in [-0.1, -0.05) is 31.9 Å². The molecule has 1 fully saturated rings. The van der Waals surface area contributed by atoms with E-state index in [1.165, 1.54) is 4.57 Å². The molecule has 0 spiro atoms. The summed E-state index contributed by atoms with van der Waals surface area (Å²) in [6, 6.07) is 0.0168. The van der Waals surface area contributed by atoms with Gasteiger partial charge in [-0.05, 0) is 31.4 Å². The lowest BCUT2D eigenvalue weighted by Crippen LogP contribution is -2.39. The molecule has 20 heavy (non-hydrogen) atoms. The van der Waals surface area contributed by atoms with Gasteiger partial charge in [0, 0.05) is 11.3 Å². The van der Waals surface area contributed by atoms with Crippen molar-refractivity contribution < 1.29 is 0 Å². The number of aromatic nitrogens is 2. The number of nitrogens with zero attached hydrogens (tertiary/aromatic N) is 1. The van der Waals surface area contributed by atoms with Crippen LogP contribution in [0.15, 0.2) is 9.59 Å². The Bertz CT molecular complexity index is 582. The average molecular weight is 317 g/mol. The summed E-state index contributed by atoms with van der Waals surface area (Å²) in [6.07, 6.45) is 4.30. The number of hydrogen-bond donors (Lipinski definition) is 1. The van der Waals surface area contributed by atoms with Gasteiger partial charge in [-0.2, -0.15) is 11.8 Å². The first-order chi connectivity index (χ1) is 9.58. The van der Waals surface area contributed by atoms with Crippen LogP contribution in [-0.4, -0.2) is 20.6 Å². The van der Waals surface area contributed by atoms with Crippen molar-refractivity contribution in [2.75, 3.05) is 5.75 Å². The predicted octanol–water partition coefficient (Wildman–Crippen LogP) is 2.99. The van der Waals surface area contributed by atoms with E-state index in [1.807, 2.05) is 18.7 Å². The average Bonchev–Trinajstić information content (AvgIpc) is 2.83. The molecule has 4 nitrogen and oxygen atoms in total. The molecule has 2 rings (SSSR count). The minimum Gasteiger partial charge on any atom is -0.297 e. The molecule has 0 saturated heterocycles. The number of nitrogens with one attached hydrogen (secondary N) is 1. The number of thioether (sulfide) groups is 1. The second-order valence-electron chi connectivity index (χ2n) is 5.19. The lowest BCUT2D eigenvalue weighted by molar-refractivity contribution is 0.475. The molecule has 1 aliphatic carbocycles. The standard InChI is InChI=1S/C14H21ClN2O2S/c1-3-5-11-12(15)16-14(19)17(13(11)18)9-6-7-10(8-9)20-4-2/h9-10H,3-8H2,1-2H3,(H,16,19). The van der Waals surface area contributed by atoms with Crippen molar-refractivity contribution >= 4 is 23.4 Å². The van der Waals surface area contributed by atoms with Crippen LogP contribution in [0.4, 0.5) is 0 Å². The molecule has 0 bridgehead atoms. The summed E-state index contributed by atoms with van der Waals surface area (Å²) < 4.78 is 1.40. The first kappa shape index (κ1) is 15.7. The van der Waals surface area contributed by atoms with Gasteiger partial charge in [0.15, 0.2) is 0 Å². The van der Waals surface area contributed by atoms with Crippen LogP contribution >= 0.6 is 23.4 Å². The molecule has 1 heterocycles. The number of halogens is 1. The minimum absolute atomic E-state index is 0.0168. The Morgan fingerprint density at radius 3 is 2.75 bits per heavy atom. The number of H-pyrrole nitrogens is 1. The Balaban J connectivity index is 2.35. The second-order valence-corrected chi connectivity index (χ2v) is 7.15. The van der Waals surface area contributed by atoms with Gasteiger partial charge >= 0.3 is 5.69 Å². The summed E-state index contributed by atoms with van der Waals surface area (Å²) in [5.74, 6) is 1.07. The third kappa shape index (κ3) is 3.14. The highest BCUT2D eigenvalue weighted by atomic mass is 35.5. The summed E-state index contributed by atoms with van der Waals surface area (Å²) in [6.45, 7) is 4.13. The Labute approximate surface area is 127 Å².